The Kier molecular flexibility index (Phi) is 3.16. The zero-order chi connectivity index (χ0) is 9.84. The Bertz CT molecular complexity index is 323. The predicted molar refractivity (Wildman–Crippen MR) is 50.6 cm³/mol. The Balaban J connectivity index is 2.89. The van der Waals surface area contributed by atoms with Crippen molar-refractivity contribution in [3.05, 3.63) is 34.3 Å². The van der Waals surface area contributed by atoms with Crippen molar-refractivity contribution in [3.8, 4) is 0 Å². The quantitative estimate of drug-likeness (QED) is 0.363. The molecule has 2 amide bonds. The zero-order valence-electron chi connectivity index (χ0n) is 6.61. The number of hydrogen-bond acceptors (Lipinski definition) is 3. The second-order valence-corrected chi connectivity index (χ2v) is 3.24. The van der Waals surface area contributed by atoms with E-state index in [9.17, 15) is 9.59 Å². The maximum absolute atomic E-state index is 11.2. The number of nitrogens with two attached hydrogens (primary N) is 1. The largest absolute Gasteiger partial charge is 0.277 e. The lowest BCUT2D eigenvalue weighted by molar-refractivity contribution is -0.116. The van der Waals surface area contributed by atoms with Gasteiger partial charge in [0, 0.05) is 10.0 Å². The van der Waals surface area contributed by atoms with Crippen molar-refractivity contribution in [1.82, 2.24) is 5.01 Å². The third kappa shape index (κ3) is 2.37. The van der Waals surface area contributed by atoms with Gasteiger partial charge in [-0.05, 0) is 24.3 Å². The van der Waals surface area contributed by atoms with Crippen molar-refractivity contribution in [2.75, 3.05) is 0 Å². The van der Waals surface area contributed by atoms with Gasteiger partial charge in [-0.15, -0.1) is 0 Å². The highest BCUT2D eigenvalue weighted by Crippen LogP contribution is 2.10. The van der Waals surface area contributed by atoms with E-state index in [2.05, 4.69) is 15.9 Å². The molecule has 0 aliphatic rings. The molecule has 2 N–H and O–H groups in total. The lowest BCUT2D eigenvalue weighted by Gasteiger charge is -2.07. The minimum atomic E-state index is -0.525. The van der Waals surface area contributed by atoms with Crippen LogP contribution in [-0.4, -0.2) is 17.3 Å². The van der Waals surface area contributed by atoms with Crippen LogP contribution in [0.25, 0.3) is 0 Å². The molecule has 0 fully saturated rings. The van der Waals surface area contributed by atoms with E-state index in [1.807, 2.05) is 0 Å². The van der Waals surface area contributed by atoms with Crippen molar-refractivity contribution in [2.45, 2.75) is 0 Å². The van der Waals surface area contributed by atoms with E-state index in [0.717, 1.165) is 4.47 Å². The maximum atomic E-state index is 11.2. The summed E-state index contributed by atoms with van der Waals surface area (Å²) in [5, 5.41) is 0.503. The van der Waals surface area contributed by atoms with Gasteiger partial charge in [-0.25, -0.2) is 10.9 Å². The minimum absolute atomic E-state index is 0.268. The Morgan fingerprint density at radius 3 is 2.38 bits per heavy atom. The van der Waals surface area contributed by atoms with Crippen molar-refractivity contribution in [3.63, 3.8) is 0 Å². The molecule has 0 bridgehead atoms. The van der Waals surface area contributed by atoms with Crippen LogP contribution in [0, 0.1) is 0 Å². The highest BCUT2D eigenvalue weighted by atomic mass is 79.9. The van der Waals surface area contributed by atoms with Crippen LogP contribution < -0.4 is 5.84 Å². The number of nitrogens with zero attached hydrogens (tertiary/aromatic N) is 1. The third-order valence-electron chi connectivity index (χ3n) is 1.44. The van der Waals surface area contributed by atoms with Crippen LogP contribution in [0.2, 0.25) is 0 Å². The summed E-state index contributed by atoms with van der Waals surface area (Å²) >= 11 is 3.22. The molecule has 1 aromatic rings. The first kappa shape index (κ1) is 9.88. The van der Waals surface area contributed by atoms with Crippen molar-refractivity contribution in [2.24, 2.45) is 5.84 Å². The smallest absolute Gasteiger partial charge is 0.274 e. The van der Waals surface area contributed by atoms with Gasteiger partial charge in [-0.1, -0.05) is 15.9 Å². The van der Waals surface area contributed by atoms with Gasteiger partial charge in [-0.3, -0.25) is 9.59 Å². The van der Waals surface area contributed by atoms with Crippen molar-refractivity contribution < 1.29 is 9.59 Å². The number of hydrazine groups is 1. The van der Waals surface area contributed by atoms with Gasteiger partial charge in [0.2, 0.25) is 6.41 Å². The molecule has 4 nitrogen and oxygen atoms in total. The Hall–Kier alpha value is -1.20. The van der Waals surface area contributed by atoms with E-state index in [-0.39, 0.29) is 6.41 Å². The van der Waals surface area contributed by atoms with Crippen molar-refractivity contribution >= 4 is 28.2 Å². The van der Waals surface area contributed by atoms with Gasteiger partial charge in [0.05, 0.1) is 0 Å². The number of rotatable bonds is 2. The molecule has 0 radical (unpaired) electrons. The topological polar surface area (TPSA) is 63.4 Å². The van der Waals surface area contributed by atoms with Crippen LogP contribution in [0.3, 0.4) is 0 Å². The summed E-state index contributed by atoms with van der Waals surface area (Å²) in [5.41, 5.74) is 0.373. The highest BCUT2D eigenvalue weighted by molar-refractivity contribution is 9.10. The Morgan fingerprint density at radius 1 is 1.38 bits per heavy atom. The number of halogens is 1. The molecule has 0 atom stereocenters. The van der Waals surface area contributed by atoms with Gasteiger partial charge in [0.1, 0.15) is 0 Å². The predicted octanol–water partition coefficient (Wildman–Crippen LogP) is 0.921. The SMILES string of the molecule is NN(C=O)C(=O)c1ccc(Br)cc1. The molecule has 0 aliphatic carbocycles. The molecule has 0 saturated carbocycles. The normalized spacial score (nSPS) is 9.38. The minimum Gasteiger partial charge on any atom is -0.277 e. The maximum Gasteiger partial charge on any atom is 0.274 e. The standard InChI is InChI=1S/C8H7BrN2O2/c9-7-3-1-6(2-4-7)8(13)11(10)5-12/h1-5H,10H2. The van der Waals surface area contributed by atoms with E-state index < -0.39 is 5.91 Å². The average Bonchev–Trinajstić information content (AvgIpc) is 2.17. The lowest BCUT2D eigenvalue weighted by atomic mass is 10.2. The summed E-state index contributed by atoms with van der Waals surface area (Å²) in [7, 11) is 0. The van der Waals surface area contributed by atoms with Crippen LogP contribution in [-0.2, 0) is 4.79 Å². The lowest BCUT2D eigenvalue weighted by Crippen LogP contribution is -2.35. The number of amides is 2. The molecule has 13 heavy (non-hydrogen) atoms. The number of carbonyl (C=O) groups excluding carboxylic acids is 2. The summed E-state index contributed by atoms with van der Waals surface area (Å²) in [5.74, 6) is 4.57. The van der Waals surface area contributed by atoms with E-state index in [4.69, 9.17) is 5.84 Å². The van der Waals surface area contributed by atoms with E-state index >= 15 is 0 Å². The number of carbonyl (C=O) groups is 2. The fourth-order valence-electron chi connectivity index (χ4n) is 0.789. The number of hydrogen-bond donors (Lipinski definition) is 1. The van der Waals surface area contributed by atoms with Gasteiger partial charge in [-0.2, -0.15) is 0 Å². The van der Waals surface area contributed by atoms with Crippen molar-refractivity contribution in [1.29, 1.82) is 0 Å². The van der Waals surface area contributed by atoms with Crippen LogP contribution in [0.5, 0.6) is 0 Å². The third-order valence-corrected chi connectivity index (χ3v) is 1.97. The average molecular weight is 243 g/mol. The molecule has 1 aromatic carbocycles. The zero-order valence-corrected chi connectivity index (χ0v) is 8.19. The monoisotopic (exact) mass is 242 g/mol. The van der Waals surface area contributed by atoms with Gasteiger partial charge >= 0.3 is 0 Å². The first-order chi connectivity index (χ1) is 6.15. The van der Waals surface area contributed by atoms with E-state index in [1.165, 1.54) is 0 Å². The molecule has 0 aliphatic heterocycles. The van der Waals surface area contributed by atoms with Gasteiger partial charge in [0.15, 0.2) is 0 Å². The van der Waals surface area contributed by atoms with Crippen LogP contribution >= 0.6 is 15.9 Å². The molecule has 0 unspecified atom stereocenters. The highest BCUT2D eigenvalue weighted by Gasteiger charge is 2.10. The fourth-order valence-corrected chi connectivity index (χ4v) is 1.05. The molecular formula is C8H7BrN2O2. The number of benzene rings is 1. The molecule has 1 rings (SSSR count). The first-order valence-electron chi connectivity index (χ1n) is 3.44. The molecule has 0 spiro atoms. The first-order valence-corrected chi connectivity index (χ1v) is 4.23. The summed E-state index contributed by atoms with van der Waals surface area (Å²) in [6, 6.07) is 6.56. The fraction of sp³-hybridized carbons (Fsp3) is 0. The van der Waals surface area contributed by atoms with Gasteiger partial charge < -0.3 is 0 Å². The summed E-state index contributed by atoms with van der Waals surface area (Å²) in [6.07, 6.45) is 0.268. The Labute approximate surface area is 83.4 Å². The molecule has 68 valence electrons. The summed E-state index contributed by atoms with van der Waals surface area (Å²) in [4.78, 5) is 21.4. The molecule has 0 heterocycles. The summed E-state index contributed by atoms with van der Waals surface area (Å²) in [6.45, 7) is 0. The van der Waals surface area contributed by atoms with Crippen LogP contribution in [0.15, 0.2) is 28.7 Å². The van der Waals surface area contributed by atoms with E-state index in [1.54, 1.807) is 24.3 Å². The van der Waals surface area contributed by atoms with Crippen LogP contribution in [0.1, 0.15) is 10.4 Å². The molecular weight excluding hydrogens is 236 g/mol. The van der Waals surface area contributed by atoms with Gasteiger partial charge in [0.25, 0.3) is 5.91 Å². The van der Waals surface area contributed by atoms with Crippen LogP contribution in [0.4, 0.5) is 0 Å². The molecule has 5 heteroatoms. The van der Waals surface area contributed by atoms with E-state index in [0.29, 0.717) is 10.6 Å². The Morgan fingerprint density at radius 2 is 1.92 bits per heavy atom. The summed E-state index contributed by atoms with van der Waals surface area (Å²) < 4.78 is 0.860. The second kappa shape index (κ2) is 4.15. The number of imide groups is 1. The molecule has 0 saturated heterocycles. The second-order valence-electron chi connectivity index (χ2n) is 2.32. The molecule has 0 aromatic heterocycles.